The van der Waals surface area contributed by atoms with Crippen molar-refractivity contribution in [3.8, 4) is 11.5 Å². The van der Waals surface area contributed by atoms with Crippen LogP contribution in [0.15, 0.2) is 59.3 Å². The van der Waals surface area contributed by atoms with Gasteiger partial charge in [-0.1, -0.05) is 29.4 Å². The van der Waals surface area contributed by atoms with Crippen molar-refractivity contribution in [2.75, 3.05) is 11.4 Å². The summed E-state index contributed by atoms with van der Waals surface area (Å²) >= 11 is 0. The summed E-state index contributed by atoms with van der Waals surface area (Å²) in [6.45, 7) is 2.58. The highest BCUT2D eigenvalue weighted by Crippen LogP contribution is 2.34. The van der Waals surface area contributed by atoms with Crippen molar-refractivity contribution < 1.29 is 9.32 Å². The van der Waals surface area contributed by atoms with Crippen molar-refractivity contribution in [2.24, 2.45) is 0 Å². The lowest BCUT2D eigenvalue weighted by molar-refractivity contribution is -0.117. The maximum absolute atomic E-state index is 12.6. The number of aromatic nitrogens is 3. The molecule has 1 fully saturated rings. The minimum absolute atomic E-state index is 0.0694. The maximum atomic E-state index is 12.6. The average Bonchev–Trinajstić information content (AvgIpc) is 3.41. The van der Waals surface area contributed by atoms with Gasteiger partial charge < -0.3 is 14.4 Å². The number of fused-ring (bicyclic) bond motifs is 1. The number of rotatable bonds is 3. The molecule has 27 heavy (non-hydrogen) atoms. The van der Waals surface area contributed by atoms with Gasteiger partial charge in [-0.25, -0.2) is 0 Å². The largest absolute Gasteiger partial charge is 0.361 e. The Morgan fingerprint density at radius 3 is 2.93 bits per heavy atom. The first-order valence-electron chi connectivity index (χ1n) is 8.97. The third-order valence-corrected chi connectivity index (χ3v) is 5.16. The molecule has 1 aliphatic rings. The van der Waals surface area contributed by atoms with E-state index in [1.165, 1.54) is 0 Å². The first kappa shape index (κ1) is 15.8. The van der Waals surface area contributed by atoms with Crippen LogP contribution in [0.3, 0.4) is 0 Å². The number of para-hydroxylation sites is 1. The van der Waals surface area contributed by atoms with Crippen molar-refractivity contribution in [1.29, 1.82) is 0 Å². The monoisotopic (exact) mass is 358 g/mol. The Kier molecular flexibility index (Phi) is 3.57. The lowest BCUT2D eigenvalue weighted by Gasteiger charge is -2.18. The molecule has 1 unspecified atom stereocenters. The molecular weight excluding hydrogens is 340 g/mol. The number of hydrogen-bond donors (Lipinski definition) is 1. The molecule has 1 N–H and O–H groups in total. The molecule has 0 aliphatic carbocycles. The van der Waals surface area contributed by atoms with Gasteiger partial charge in [-0.2, -0.15) is 4.98 Å². The number of carbonyl (C=O) groups excluding carboxylic acids is 1. The Morgan fingerprint density at radius 1 is 1.15 bits per heavy atom. The molecule has 1 saturated heterocycles. The number of nitrogens with one attached hydrogen (secondary N) is 1. The van der Waals surface area contributed by atoms with Gasteiger partial charge in [0.1, 0.15) is 0 Å². The van der Waals surface area contributed by atoms with E-state index in [4.69, 9.17) is 4.52 Å². The lowest BCUT2D eigenvalue weighted by atomic mass is 10.1. The molecule has 1 aliphatic heterocycles. The van der Waals surface area contributed by atoms with Crippen LogP contribution in [-0.2, 0) is 4.79 Å². The van der Waals surface area contributed by atoms with E-state index in [0.717, 1.165) is 27.7 Å². The molecule has 1 amide bonds. The third kappa shape index (κ3) is 2.61. The second kappa shape index (κ2) is 6.09. The van der Waals surface area contributed by atoms with Crippen molar-refractivity contribution in [3.05, 3.63) is 66.1 Å². The number of anilines is 1. The number of aromatic amines is 1. The van der Waals surface area contributed by atoms with Gasteiger partial charge >= 0.3 is 0 Å². The van der Waals surface area contributed by atoms with E-state index >= 15 is 0 Å². The molecule has 134 valence electrons. The van der Waals surface area contributed by atoms with Crippen molar-refractivity contribution in [2.45, 2.75) is 19.3 Å². The molecular formula is C21H18N4O2. The topological polar surface area (TPSA) is 75.0 Å². The molecule has 4 aromatic rings. The summed E-state index contributed by atoms with van der Waals surface area (Å²) in [6, 6.07) is 15.8. The van der Waals surface area contributed by atoms with Crippen LogP contribution < -0.4 is 4.90 Å². The number of hydrogen-bond acceptors (Lipinski definition) is 4. The molecule has 3 heterocycles. The summed E-state index contributed by atoms with van der Waals surface area (Å²) in [6.07, 6.45) is 2.28. The zero-order valence-corrected chi connectivity index (χ0v) is 14.8. The number of amides is 1. The highest BCUT2D eigenvalue weighted by atomic mass is 16.5. The van der Waals surface area contributed by atoms with Crippen LogP contribution in [0.25, 0.3) is 22.4 Å². The van der Waals surface area contributed by atoms with Gasteiger partial charge in [0.15, 0.2) is 5.82 Å². The van der Waals surface area contributed by atoms with E-state index in [0.29, 0.717) is 24.7 Å². The normalized spacial score (nSPS) is 17.1. The molecule has 2 aromatic heterocycles. The summed E-state index contributed by atoms with van der Waals surface area (Å²) in [5.74, 6) is 1.09. The van der Waals surface area contributed by atoms with E-state index in [1.54, 1.807) is 0 Å². The zero-order chi connectivity index (χ0) is 18.4. The molecule has 0 bridgehead atoms. The van der Waals surface area contributed by atoms with Crippen LogP contribution in [0.2, 0.25) is 0 Å². The van der Waals surface area contributed by atoms with E-state index in [9.17, 15) is 4.79 Å². The van der Waals surface area contributed by atoms with Crippen LogP contribution >= 0.6 is 0 Å². The fourth-order valence-electron chi connectivity index (χ4n) is 3.76. The number of nitrogens with zero attached hydrogens (tertiary/aromatic N) is 3. The molecule has 6 heteroatoms. The Morgan fingerprint density at radius 2 is 2.04 bits per heavy atom. The minimum Gasteiger partial charge on any atom is -0.361 e. The smallest absolute Gasteiger partial charge is 0.258 e. The maximum Gasteiger partial charge on any atom is 0.258 e. The second-order valence-electron chi connectivity index (χ2n) is 6.89. The lowest BCUT2D eigenvalue weighted by Crippen LogP contribution is -2.25. The molecule has 5 rings (SSSR count). The number of aryl methyl sites for hydroxylation is 1. The van der Waals surface area contributed by atoms with Gasteiger partial charge in [0.05, 0.1) is 0 Å². The average molecular weight is 358 g/mol. The van der Waals surface area contributed by atoms with Gasteiger partial charge in [-0.15, -0.1) is 0 Å². The molecule has 6 nitrogen and oxygen atoms in total. The Bertz CT molecular complexity index is 1140. The van der Waals surface area contributed by atoms with E-state index in [1.807, 2.05) is 66.6 Å². The number of benzene rings is 2. The summed E-state index contributed by atoms with van der Waals surface area (Å²) in [5.41, 5.74) is 3.95. The van der Waals surface area contributed by atoms with Crippen molar-refractivity contribution >= 4 is 22.5 Å². The van der Waals surface area contributed by atoms with E-state index in [2.05, 4.69) is 15.1 Å². The molecule has 1 atom stereocenters. The Labute approximate surface area is 155 Å². The summed E-state index contributed by atoms with van der Waals surface area (Å²) < 4.78 is 5.54. The third-order valence-electron chi connectivity index (χ3n) is 5.16. The summed E-state index contributed by atoms with van der Waals surface area (Å²) in [5, 5.41) is 5.21. The standard InChI is InChI=1S/C21H18N4O2/c1-13-5-2-3-8-18(13)25-12-14(11-19(25)26)20-23-21(27-24-20)16-6-4-7-17-15(16)9-10-22-17/h2-10,14,22H,11-12H2,1H3. The quantitative estimate of drug-likeness (QED) is 0.599. The van der Waals surface area contributed by atoms with E-state index < -0.39 is 0 Å². The summed E-state index contributed by atoms with van der Waals surface area (Å²) in [4.78, 5) is 22.2. The molecule has 2 aromatic carbocycles. The van der Waals surface area contributed by atoms with Crippen molar-refractivity contribution in [3.63, 3.8) is 0 Å². The Balaban J connectivity index is 1.45. The predicted octanol–water partition coefficient (Wildman–Crippen LogP) is 4.05. The van der Waals surface area contributed by atoms with Crippen LogP contribution in [0, 0.1) is 6.92 Å². The fraction of sp³-hybridized carbons (Fsp3) is 0.190. The second-order valence-corrected chi connectivity index (χ2v) is 6.89. The Hall–Kier alpha value is -3.41. The minimum atomic E-state index is -0.0694. The highest BCUT2D eigenvalue weighted by molar-refractivity contribution is 5.97. The van der Waals surface area contributed by atoms with Gasteiger partial charge in [-0.05, 0) is 36.8 Å². The van der Waals surface area contributed by atoms with Gasteiger partial charge in [0, 0.05) is 47.2 Å². The summed E-state index contributed by atoms with van der Waals surface area (Å²) in [7, 11) is 0. The van der Waals surface area contributed by atoms with Gasteiger partial charge in [0.2, 0.25) is 5.91 Å². The molecule has 0 spiro atoms. The van der Waals surface area contributed by atoms with E-state index in [-0.39, 0.29) is 11.8 Å². The van der Waals surface area contributed by atoms with Crippen molar-refractivity contribution in [1.82, 2.24) is 15.1 Å². The van der Waals surface area contributed by atoms with Crippen LogP contribution in [-0.4, -0.2) is 27.6 Å². The highest BCUT2D eigenvalue weighted by Gasteiger charge is 2.35. The predicted molar refractivity (Wildman–Crippen MR) is 102 cm³/mol. The van der Waals surface area contributed by atoms with Gasteiger partial charge in [-0.3, -0.25) is 4.79 Å². The van der Waals surface area contributed by atoms with Crippen LogP contribution in [0.5, 0.6) is 0 Å². The SMILES string of the molecule is Cc1ccccc1N1CC(c2noc(-c3cccc4[nH]ccc34)n2)CC1=O. The number of carbonyl (C=O) groups is 1. The fourth-order valence-corrected chi connectivity index (χ4v) is 3.76. The molecule has 0 radical (unpaired) electrons. The van der Waals surface area contributed by atoms with Gasteiger partial charge in [0.25, 0.3) is 5.89 Å². The van der Waals surface area contributed by atoms with Crippen LogP contribution in [0.1, 0.15) is 23.7 Å². The van der Waals surface area contributed by atoms with Crippen LogP contribution in [0.4, 0.5) is 5.69 Å². The zero-order valence-electron chi connectivity index (χ0n) is 14.8. The first-order valence-corrected chi connectivity index (χ1v) is 8.97. The first-order chi connectivity index (χ1) is 13.2. The number of H-pyrrole nitrogens is 1. The molecule has 0 saturated carbocycles.